The monoisotopic (exact) mass is 208 g/mol. The van der Waals surface area contributed by atoms with E-state index in [-0.39, 0.29) is 5.69 Å². The number of nitrogens with two attached hydrogens (primary N) is 1. The van der Waals surface area contributed by atoms with E-state index in [1.54, 1.807) is 18.2 Å². The highest BCUT2D eigenvalue weighted by Crippen LogP contribution is 2.16. The van der Waals surface area contributed by atoms with E-state index in [2.05, 4.69) is 15.4 Å². The van der Waals surface area contributed by atoms with Gasteiger partial charge in [0.05, 0.1) is 11.0 Å². The standard InChI is InChI=1S/C9H12N4O2/c10-11-3-4-15-6-1-2-7-8(5-6)13-9(14)12-7/h1-2,5,11H,3-4,10H2,(H2,12,13,14). The van der Waals surface area contributed by atoms with Gasteiger partial charge in [-0.05, 0) is 12.1 Å². The molecule has 5 N–H and O–H groups in total. The van der Waals surface area contributed by atoms with E-state index in [0.29, 0.717) is 18.9 Å². The lowest BCUT2D eigenvalue weighted by molar-refractivity contribution is 0.315. The Bertz CT molecular complexity index is 502. The first-order chi connectivity index (χ1) is 7.29. The largest absolute Gasteiger partial charge is 0.492 e. The Balaban J connectivity index is 2.19. The topological polar surface area (TPSA) is 95.9 Å². The first-order valence-corrected chi connectivity index (χ1v) is 4.58. The Labute approximate surface area is 85.4 Å². The van der Waals surface area contributed by atoms with E-state index in [1.165, 1.54) is 0 Å². The summed E-state index contributed by atoms with van der Waals surface area (Å²) in [6.07, 6.45) is 0. The predicted octanol–water partition coefficient (Wildman–Crippen LogP) is -0.302. The van der Waals surface area contributed by atoms with E-state index < -0.39 is 0 Å². The van der Waals surface area contributed by atoms with Gasteiger partial charge in [0.25, 0.3) is 0 Å². The number of ether oxygens (including phenoxy) is 1. The van der Waals surface area contributed by atoms with Gasteiger partial charge in [0, 0.05) is 12.6 Å². The van der Waals surface area contributed by atoms with Gasteiger partial charge in [-0.2, -0.15) is 0 Å². The van der Waals surface area contributed by atoms with E-state index in [0.717, 1.165) is 11.0 Å². The maximum absolute atomic E-state index is 11.0. The van der Waals surface area contributed by atoms with Crippen LogP contribution in [0, 0.1) is 0 Å². The fourth-order valence-corrected chi connectivity index (χ4v) is 1.33. The van der Waals surface area contributed by atoms with Crippen LogP contribution in [-0.2, 0) is 0 Å². The summed E-state index contributed by atoms with van der Waals surface area (Å²) in [6, 6.07) is 5.35. The third-order valence-electron chi connectivity index (χ3n) is 2.00. The molecule has 6 nitrogen and oxygen atoms in total. The summed E-state index contributed by atoms with van der Waals surface area (Å²) in [7, 11) is 0. The number of hydrazine groups is 1. The summed E-state index contributed by atoms with van der Waals surface area (Å²) in [5, 5.41) is 0. The van der Waals surface area contributed by atoms with Gasteiger partial charge in [-0.1, -0.05) is 0 Å². The average molecular weight is 208 g/mol. The predicted molar refractivity (Wildman–Crippen MR) is 56.6 cm³/mol. The number of benzene rings is 1. The smallest absolute Gasteiger partial charge is 0.323 e. The Morgan fingerprint density at radius 3 is 2.93 bits per heavy atom. The Kier molecular flexibility index (Phi) is 2.70. The van der Waals surface area contributed by atoms with Gasteiger partial charge in [-0.3, -0.25) is 11.3 Å². The normalized spacial score (nSPS) is 10.7. The van der Waals surface area contributed by atoms with Gasteiger partial charge in [-0.25, -0.2) is 4.79 Å². The fraction of sp³-hybridized carbons (Fsp3) is 0.222. The molecule has 15 heavy (non-hydrogen) atoms. The zero-order valence-corrected chi connectivity index (χ0v) is 8.04. The molecule has 1 aromatic carbocycles. The van der Waals surface area contributed by atoms with Crippen LogP contribution in [0.5, 0.6) is 5.75 Å². The second-order valence-electron chi connectivity index (χ2n) is 3.09. The quantitative estimate of drug-likeness (QED) is 0.315. The molecule has 0 aliphatic rings. The van der Waals surface area contributed by atoms with Gasteiger partial charge < -0.3 is 14.7 Å². The molecule has 1 aromatic heterocycles. The molecule has 2 rings (SSSR count). The van der Waals surface area contributed by atoms with Crippen molar-refractivity contribution in [3.05, 3.63) is 28.7 Å². The number of fused-ring (bicyclic) bond motifs is 1. The Morgan fingerprint density at radius 2 is 2.13 bits per heavy atom. The van der Waals surface area contributed by atoms with Crippen LogP contribution in [0.3, 0.4) is 0 Å². The van der Waals surface area contributed by atoms with Crippen molar-refractivity contribution in [1.29, 1.82) is 0 Å². The summed E-state index contributed by atoms with van der Waals surface area (Å²) in [4.78, 5) is 16.3. The molecular formula is C9H12N4O2. The third kappa shape index (κ3) is 2.17. The molecule has 80 valence electrons. The van der Waals surface area contributed by atoms with Crippen LogP contribution < -0.4 is 21.7 Å². The third-order valence-corrected chi connectivity index (χ3v) is 2.00. The first kappa shape index (κ1) is 9.75. The minimum Gasteiger partial charge on any atom is -0.492 e. The van der Waals surface area contributed by atoms with Crippen LogP contribution in [0.1, 0.15) is 0 Å². The molecule has 0 saturated heterocycles. The summed E-state index contributed by atoms with van der Waals surface area (Å²) in [5.74, 6) is 5.81. The van der Waals surface area contributed by atoms with E-state index in [4.69, 9.17) is 10.6 Å². The molecule has 2 aromatic rings. The highest BCUT2D eigenvalue weighted by molar-refractivity contribution is 5.75. The number of imidazole rings is 1. The second-order valence-corrected chi connectivity index (χ2v) is 3.09. The molecule has 0 radical (unpaired) electrons. The van der Waals surface area contributed by atoms with Crippen molar-refractivity contribution in [1.82, 2.24) is 15.4 Å². The van der Waals surface area contributed by atoms with Crippen molar-refractivity contribution in [3.8, 4) is 5.75 Å². The number of aromatic nitrogens is 2. The number of rotatable bonds is 4. The van der Waals surface area contributed by atoms with Crippen LogP contribution >= 0.6 is 0 Å². The lowest BCUT2D eigenvalue weighted by atomic mass is 10.3. The van der Waals surface area contributed by atoms with Crippen molar-refractivity contribution in [3.63, 3.8) is 0 Å². The second kappa shape index (κ2) is 4.16. The zero-order valence-electron chi connectivity index (χ0n) is 8.04. The van der Waals surface area contributed by atoms with Crippen molar-refractivity contribution in [2.24, 2.45) is 5.84 Å². The highest BCUT2D eigenvalue weighted by atomic mass is 16.5. The van der Waals surface area contributed by atoms with Gasteiger partial charge in [0.2, 0.25) is 0 Å². The minimum atomic E-state index is -0.217. The minimum absolute atomic E-state index is 0.217. The average Bonchev–Trinajstić information content (AvgIpc) is 2.57. The molecule has 0 aliphatic heterocycles. The van der Waals surface area contributed by atoms with Crippen LogP contribution in [-0.4, -0.2) is 23.1 Å². The molecule has 0 atom stereocenters. The Morgan fingerprint density at radius 1 is 1.33 bits per heavy atom. The van der Waals surface area contributed by atoms with Crippen LogP contribution in [0.4, 0.5) is 0 Å². The van der Waals surface area contributed by atoms with Gasteiger partial charge in [0.15, 0.2) is 0 Å². The molecule has 0 aliphatic carbocycles. The first-order valence-electron chi connectivity index (χ1n) is 4.58. The van der Waals surface area contributed by atoms with Crippen molar-refractivity contribution < 1.29 is 4.74 Å². The van der Waals surface area contributed by atoms with E-state index in [9.17, 15) is 4.79 Å². The molecular weight excluding hydrogens is 196 g/mol. The zero-order chi connectivity index (χ0) is 10.7. The van der Waals surface area contributed by atoms with Crippen molar-refractivity contribution in [2.45, 2.75) is 0 Å². The van der Waals surface area contributed by atoms with Crippen LogP contribution in [0.2, 0.25) is 0 Å². The number of nitrogens with one attached hydrogen (secondary N) is 3. The lowest BCUT2D eigenvalue weighted by Gasteiger charge is -2.04. The van der Waals surface area contributed by atoms with Crippen LogP contribution in [0.25, 0.3) is 11.0 Å². The fourth-order valence-electron chi connectivity index (χ4n) is 1.33. The molecule has 0 saturated carbocycles. The molecule has 0 spiro atoms. The van der Waals surface area contributed by atoms with Crippen molar-refractivity contribution >= 4 is 11.0 Å². The highest BCUT2D eigenvalue weighted by Gasteiger charge is 1.99. The Hall–Kier alpha value is -1.79. The van der Waals surface area contributed by atoms with Crippen molar-refractivity contribution in [2.75, 3.05) is 13.2 Å². The number of aromatic amines is 2. The molecule has 0 amide bonds. The number of hydrogen-bond acceptors (Lipinski definition) is 4. The maximum atomic E-state index is 11.0. The van der Waals surface area contributed by atoms with Gasteiger partial charge in [0.1, 0.15) is 12.4 Å². The van der Waals surface area contributed by atoms with Gasteiger partial charge in [-0.15, -0.1) is 0 Å². The lowest BCUT2D eigenvalue weighted by Crippen LogP contribution is -2.27. The summed E-state index contributed by atoms with van der Waals surface area (Å²) >= 11 is 0. The summed E-state index contributed by atoms with van der Waals surface area (Å²) in [5.41, 5.74) is 3.78. The molecule has 6 heteroatoms. The SMILES string of the molecule is NNCCOc1ccc2[nH]c(=O)[nH]c2c1. The molecule has 0 bridgehead atoms. The van der Waals surface area contributed by atoms with Gasteiger partial charge >= 0.3 is 5.69 Å². The van der Waals surface area contributed by atoms with E-state index in [1.807, 2.05) is 0 Å². The summed E-state index contributed by atoms with van der Waals surface area (Å²) in [6.45, 7) is 1.05. The van der Waals surface area contributed by atoms with E-state index >= 15 is 0 Å². The van der Waals surface area contributed by atoms with Crippen LogP contribution in [0.15, 0.2) is 23.0 Å². The molecule has 0 unspecified atom stereocenters. The number of H-pyrrole nitrogens is 2. The maximum Gasteiger partial charge on any atom is 0.323 e. The summed E-state index contributed by atoms with van der Waals surface area (Å²) < 4.78 is 5.39. The molecule has 0 fully saturated rings. The molecule has 1 heterocycles. The number of hydrogen-bond donors (Lipinski definition) is 4.